The van der Waals surface area contributed by atoms with Crippen LogP contribution in [0.25, 0.3) is 0 Å². The largest absolute Gasteiger partial charge is 0.295 e. The topological polar surface area (TPSA) is 54.5 Å². The first-order chi connectivity index (χ1) is 9.99. The van der Waals surface area contributed by atoms with E-state index in [9.17, 15) is 14.4 Å². The molecule has 2 amide bonds. The van der Waals surface area contributed by atoms with Crippen LogP contribution in [-0.2, 0) is 9.59 Å². The highest BCUT2D eigenvalue weighted by molar-refractivity contribution is 6.22. The van der Waals surface area contributed by atoms with Crippen molar-refractivity contribution < 1.29 is 14.4 Å². The van der Waals surface area contributed by atoms with Gasteiger partial charge in [0.2, 0.25) is 11.8 Å². The second kappa shape index (κ2) is 5.10. The lowest BCUT2D eigenvalue weighted by molar-refractivity contribution is -0.122. The zero-order chi connectivity index (χ0) is 15.1. The number of Topliss-reactive ketones (excluding diaryl/α,β-unsaturated/α-hetero) is 1. The Balaban J connectivity index is 1.95. The molecule has 0 spiro atoms. The SMILES string of the molecule is CC(=O)c1cccc(N2C(=O)[C@H]3CCC(C)C[C@H]3C2=O)c1. The predicted molar refractivity (Wildman–Crippen MR) is 78.9 cm³/mol. The number of anilines is 1. The number of fused-ring (bicyclic) bond motifs is 1. The molecule has 0 N–H and O–H groups in total. The maximum absolute atomic E-state index is 12.6. The van der Waals surface area contributed by atoms with E-state index in [-0.39, 0.29) is 29.4 Å². The van der Waals surface area contributed by atoms with Crippen LogP contribution in [0, 0.1) is 17.8 Å². The van der Waals surface area contributed by atoms with E-state index in [2.05, 4.69) is 6.92 Å². The smallest absolute Gasteiger partial charge is 0.237 e. The monoisotopic (exact) mass is 285 g/mol. The summed E-state index contributed by atoms with van der Waals surface area (Å²) in [5.74, 6) is -0.125. The standard InChI is InChI=1S/C17H19NO3/c1-10-6-7-14-15(8-10)17(21)18(16(14)20)13-5-3-4-12(9-13)11(2)19/h3-5,9-10,14-15H,6-8H2,1-2H3/t10?,14-,15+/m0/s1. The molecule has 1 saturated carbocycles. The molecule has 1 aliphatic carbocycles. The molecule has 0 bridgehead atoms. The number of benzene rings is 1. The summed E-state index contributed by atoms with van der Waals surface area (Å²) in [7, 11) is 0. The lowest BCUT2D eigenvalue weighted by Crippen LogP contribution is -2.31. The third-order valence-electron chi connectivity index (χ3n) is 4.70. The van der Waals surface area contributed by atoms with E-state index in [0.717, 1.165) is 19.3 Å². The summed E-state index contributed by atoms with van der Waals surface area (Å²) in [6, 6.07) is 6.78. The van der Waals surface area contributed by atoms with Crippen LogP contribution in [0.3, 0.4) is 0 Å². The normalized spacial score (nSPS) is 28.7. The lowest BCUT2D eigenvalue weighted by Gasteiger charge is -2.25. The van der Waals surface area contributed by atoms with Gasteiger partial charge in [-0.3, -0.25) is 19.3 Å². The molecule has 0 radical (unpaired) electrons. The van der Waals surface area contributed by atoms with Crippen LogP contribution in [0.1, 0.15) is 43.5 Å². The summed E-state index contributed by atoms with van der Waals surface area (Å²) < 4.78 is 0. The summed E-state index contributed by atoms with van der Waals surface area (Å²) in [5, 5.41) is 0. The minimum atomic E-state index is -0.178. The molecule has 1 aromatic carbocycles. The zero-order valence-electron chi connectivity index (χ0n) is 12.3. The van der Waals surface area contributed by atoms with Gasteiger partial charge in [0.25, 0.3) is 0 Å². The summed E-state index contributed by atoms with van der Waals surface area (Å²) >= 11 is 0. The minimum Gasteiger partial charge on any atom is -0.295 e. The van der Waals surface area contributed by atoms with Gasteiger partial charge in [-0.1, -0.05) is 19.1 Å². The molecule has 2 aliphatic rings. The van der Waals surface area contributed by atoms with Crippen molar-refractivity contribution in [1.82, 2.24) is 0 Å². The number of hydrogen-bond acceptors (Lipinski definition) is 3. The van der Waals surface area contributed by atoms with Gasteiger partial charge in [-0.05, 0) is 44.2 Å². The molecule has 1 unspecified atom stereocenters. The number of ketones is 1. The van der Waals surface area contributed by atoms with E-state index in [4.69, 9.17) is 0 Å². The first-order valence-electron chi connectivity index (χ1n) is 7.48. The average molecular weight is 285 g/mol. The van der Waals surface area contributed by atoms with E-state index in [0.29, 0.717) is 17.2 Å². The fraction of sp³-hybridized carbons (Fsp3) is 0.471. The van der Waals surface area contributed by atoms with Gasteiger partial charge in [-0.2, -0.15) is 0 Å². The maximum atomic E-state index is 12.6. The van der Waals surface area contributed by atoms with Gasteiger partial charge in [-0.15, -0.1) is 0 Å². The van der Waals surface area contributed by atoms with Crippen molar-refractivity contribution in [2.45, 2.75) is 33.1 Å². The molecule has 0 aromatic heterocycles. The molecule has 1 heterocycles. The lowest BCUT2D eigenvalue weighted by atomic mass is 9.76. The van der Waals surface area contributed by atoms with Gasteiger partial charge < -0.3 is 0 Å². The summed E-state index contributed by atoms with van der Waals surface area (Å²) in [6.07, 6.45) is 2.58. The first kappa shape index (κ1) is 14.0. The Labute approximate surface area is 124 Å². The van der Waals surface area contributed by atoms with Gasteiger partial charge in [0.15, 0.2) is 5.78 Å². The van der Waals surface area contributed by atoms with Crippen molar-refractivity contribution in [3.63, 3.8) is 0 Å². The fourth-order valence-electron chi connectivity index (χ4n) is 3.51. The van der Waals surface area contributed by atoms with Crippen LogP contribution in [0.5, 0.6) is 0 Å². The molecule has 3 rings (SSSR count). The number of hydrogen-bond donors (Lipinski definition) is 0. The average Bonchev–Trinajstić information content (AvgIpc) is 2.70. The Morgan fingerprint density at radius 3 is 2.57 bits per heavy atom. The van der Waals surface area contributed by atoms with E-state index in [1.807, 2.05) is 0 Å². The predicted octanol–water partition coefficient (Wildman–Crippen LogP) is 2.81. The molecule has 3 atom stereocenters. The van der Waals surface area contributed by atoms with E-state index in [1.54, 1.807) is 24.3 Å². The van der Waals surface area contributed by atoms with Crippen LogP contribution < -0.4 is 4.90 Å². The van der Waals surface area contributed by atoms with Gasteiger partial charge in [0.05, 0.1) is 17.5 Å². The van der Waals surface area contributed by atoms with E-state index >= 15 is 0 Å². The number of amides is 2. The van der Waals surface area contributed by atoms with Gasteiger partial charge >= 0.3 is 0 Å². The molecular formula is C17H19NO3. The Morgan fingerprint density at radius 2 is 1.86 bits per heavy atom. The number of carbonyl (C=O) groups excluding carboxylic acids is 3. The van der Waals surface area contributed by atoms with Crippen molar-refractivity contribution in [3.8, 4) is 0 Å². The Bertz CT molecular complexity index is 622. The second-order valence-electron chi connectivity index (χ2n) is 6.25. The molecule has 1 aromatic rings. The van der Waals surface area contributed by atoms with Crippen molar-refractivity contribution in [3.05, 3.63) is 29.8 Å². The Kier molecular flexibility index (Phi) is 3.40. The summed E-state index contributed by atoms with van der Waals surface area (Å²) in [6.45, 7) is 3.61. The molecule has 4 heteroatoms. The van der Waals surface area contributed by atoms with Crippen molar-refractivity contribution in [1.29, 1.82) is 0 Å². The number of nitrogens with zero attached hydrogens (tertiary/aromatic N) is 1. The van der Waals surface area contributed by atoms with E-state index < -0.39 is 0 Å². The third-order valence-corrected chi connectivity index (χ3v) is 4.70. The molecule has 21 heavy (non-hydrogen) atoms. The van der Waals surface area contributed by atoms with Crippen LogP contribution >= 0.6 is 0 Å². The molecule has 1 aliphatic heterocycles. The van der Waals surface area contributed by atoms with Gasteiger partial charge in [0, 0.05) is 5.56 Å². The first-order valence-corrected chi connectivity index (χ1v) is 7.48. The third kappa shape index (κ3) is 2.28. The van der Waals surface area contributed by atoms with Crippen molar-refractivity contribution >= 4 is 23.3 Å². The molecule has 2 fully saturated rings. The summed E-state index contributed by atoms with van der Waals surface area (Å²) in [4.78, 5) is 37.9. The van der Waals surface area contributed by atoms with Crippen molar-refractivity contribution in [2.75, 3.05) is 4.90 Å². The highest BCUT2D eigenvalue weighted by Crippen LogP contribution is 2.42. The minimum absolute atomic E-state index is 0.0676. The van der Waals surface area contributed by atoms with Crippen molar-refractivity contribution in [2.24, 2.45) is 17.8 Å². The number of imide groups is 1. The highest BCUT2D eigenvalue weighted by atomic mass is 16.2. The van der Waals surface area contributed by atoms with E-state index in [1.165, 1.54) is 11.8 Å². The Morgan fingerprint density at radius 1 is 1.14 bits per heavy atom. The number of carbonyl (C=O) groups is 3. The van der Waals surface area contributed by atoms with Crippen LogP contribution in [0.15, 0.2) is 24.3 Å². The maximum Gasteiger partial charge on any atom is 0.237 e. The zero-order valence-corrected chi connectivity index (χ0v) is 12.3. The van der Waals surface area contributed by atoms with Crippen LogP contribution in [0.2, 0.25) is 0 Å². The van der Waals surface area contributed by atoms with Gasteiger partial charge in [0.1, 0.15) is 0 Å². The second-order valence-corrected chi connectivity index (χ2v) is 6.25. The summed E-state index contributed by atoms with van der Waals surface area (Å²) in [5.41, 5.74) is 1.05. The molecule has 4 nitrogen and oxygen atoms in total. The number of rotatable bonds is 2. The van der Waals surface area contributed by atoms with Gasteiger partial charge in [-0.25, -0.2) is 0 Å². The molecular weight excluding hydrogens is 266 g/mol. The van der Waals surface area contributed by atoms with Crippen LogP contribution in [0.4, 0.5) is 5.69 Å². The fourth-order valence-corrected chi connectivity index (χ4v) is 3.51. The van der Waals surface area contributed by atoms with Crippen LogP contribution in [-0.4, -0.2) is 17.6 Å². The molecule has 110 valence electrons. The Hall–Kier alpha value is -1.97. The highest BCUT2D eigenvalue weighted by Gasteiger charge is 2.49. The molecule has 1 saturated heterocycles. The quantitative estimate of drug-likeness (QED) is 0.620.